The second-order valence-electron chi connectivity index (χ2n) is 7.82. The maximum Gasteiger partial charge on any atom is 0.0663 e. The lowest BCUT2D eigenvalue weighted by molar-refractivity contribution is -0.0278. The third-order valence-electron chi connectivity index (χ3n) is 4.82. The van der Waals surface area contributed by atoms with Gasteiger partial charge in [-0.1, -0.05) is 39.0 Å². The summed E-state index contributed by atoms with van der Waals surface area (Å²) in [4.78, 5) is 0. The molecule has 0 spiro atoms. The average Bonchev–Trinajstić information content (AvgIpc) is 2.37. The molecule has 1 aromatic rings. The van der Waals surface area contributed by atoms with E-state index in [0.717, 1.165) is 12.3 Å². The molecule has 1 aliphatic carbocycles. The van der Waals surface area contributed by atoms with Crippen molar-refractivity contribution in [3.05, 3.63) is 34.9 Å². The summed E-state index contributed by atoms with van der Waals surface area (Å²) in [6.07, 6.45) is 3.98. The molecule has 0 heterocycles. The van der Waals surface area contributed by atoms with Gasteiger partial charge in [0.05, 0.1) is 18.8 Å². The molecular weight excluding hydrogens is 258 g/mol. The Bertz CT molecular complexity index is 480. The zero-order valence-corrected chi connectivity index (χ0v) is 14.3. The molecule has 0 amide bonds. The van der Waals surface area contributed by atoms with Gasteiger partial charge in [0.25, 0.3) is 0 Å². The molecule has 0 aromatic heterocycles. The number of rotatable bonds is 4. The molecule has 1 aliphatic rings. The van der Waals surface area contributed by atoms with Gasteiger partial charge in [0.15, 0.2) is 0 Å². The molecule has 1 fully saturated rings. The van der Waals surface area contributed by atoms with Crippen molar-refractivity contribution < 1.29 is 4.74 Å². The monoisotopic (exact) mass is 289 g/mol. The standard InChI is InChI=1S/C19H31NO/c1-13-8-17(11-19(4,5)10-13)21-12-18(20)16-7-6-14(2)15(3)9-16/h6-7,9,13,17-18H,8,10-12,20H2,1-5H3. The molecule has 2 N–H and O–H groups in total. The number of nitrogens with two attached hydrogens (primary N) is 1. The molecule has 0 radical (unpaired) electrons. The lowest BCUT2D eigenvalue weighted by Gasteiger charge is -2.39. The van der Waals surface area contributed by atoms with Crippen LogP contribution in [0.5, 0.6) is 0 Å². The highest BCUT2D eigenvalue weighted by atomic mass is 16.5. The van der Waals surface area contributed by atoms with Crippen molar-refractivity contribution in [2.24, 2.45) is 17.1 Å². The van der Waals surface area contributed by atoms with Gasteiger partial charge in [-0.05, 0) is 61.1 Å². The minimum atomic E-state index is -0.0235. The highest BCUT2D eigenvalue weighted by Gasteiger charge is 2.32. The van der Waals surface area contributed by atoms with Crippen LogP contribution >= 0.6 is 0 Å². The van der Waals surface area contributed by atoms with Crippen LogP contribution in [0.25, 0.3) is 0 Å². The molecule has 0 aliphatic heterocycles. The van der Waals surface area contributed by atoms with Crippen LogP contribution in [0.15, 0.2) is 18.2 Å². The van der Waals surface area contributed by atoms with Crippen molar-refractivity contribution in [3.63, 3.8) is 0 Å². The first-order chi connectivity index (χ1) is 9.77. The van der Waals surface area contributed by atoms with E-state index in [2.05, 4.69) is 52.8 Å². The number of ether oxygens (including phenoxy) is 1. The molecule has 2 heteroatoms. The minimum absolute atomic E-state index is 0.0235. The second kappa shape index (κ2) is 6.50. The molecule has 2 nitrogen and oxygen atoms in total. The van der Waals surface area contributed by atoms with Gasteiger partial charge in [-0.25, -0.2) is 0 Å². The fraction of sp³-hybridized carbons (Fsp3) is 0.684. The van der Waals surface area contributed by atoms with Crippen molar-refractivity contribution in [1.82, 2.24) is 0 Å². The van der Waals surface area contributed by atoms with Crippen LogP contribution in [0, 0.1) is 25.2 Å². The van der Waals surface area contributed by atoms with Gasteiger partial charge >= 0.3 is 0 Å². The lowest BCUT2D eigenvalue weighted by atomic mass is 9.71. The van der Waals surface area contributed by atoms with Crippen molar-refractivity contribution in [3.8, 4) is 0 Å². The number of benzene rings is 1. The largest absolute Gasteiger partial charge is 0.376 e. The number of hydrogen-bond donors (Lipinski definition) is 1. The first-order valence-corrected chi connectivity index (χ1v) is 8.21. The zero-order chi connectivity index (χ0) is 15.6. The van der Waals surface area contributed by atoms with E-state index >= 15 is 0 Å². The molecular formula is C19H31NO. The van der Waals surface area contributed by atoms with Crippen LogP contribution in [0.3, 0.4) is 0 Å². The van der Waals surface area contributed by atoms with Crippen molar-refractivity contribution in [2.45, 2.75) is 66.0 Å². The molecule has 1 aromatic carbocycles. The maximum atomic E-state index is 6.31. The quantitative estimate of drug-likeness (QED) is 0.883. The van der Waals surface area contributed by atoms with Gasteiger partial charge in [-0.15, -0.1) is 0 Å². The van der Waals surface area contributed by atoms with Crippen LogP contribution in [0.1, 0.15) is 62.8 Å². The summed E-state index contributed by atoms with van der Waals surface area (Å²) in [5.41, 5.74) is 10.5. The van der Waals surface area contributed by atoms with Crippen molar-refractivity contribution >= 4 is 0 Å². The molecule has 118 valence electrons. The van der Waals surface area contributed by atoms with E-state index in [-0.39, 0.29) is 6.04 Å². The van der Waals surface area contributed by atoms with Crippen LogP contribution < -0.4 is 5.73 Å². The first kappa shape index (κ1) is 16.5. The van der Waals surface area contributed by atoms with Crippen molar-refractivity contribution in [1.29, 1.82) is 0 Å². The van der Waals surface area contributed by atoms with E-state index in [1.807, 2.05) is 0 Å². The van der Waals surface area contributed by atoms with Gasteiger partial charge in [0.1, 0.15) is 0 Å². The van der Waals surface area contributed by atoms with Crippen LogP contribution in [0.4, 0.5) is 0 Å². The highest BCUT2D eigenvalue weighted by molar-refractivity contribution is 5.31. The molecule has 1 saturated carbocycles. The Morgan fingerprint density at radius 2 is 1.95 bits per heavy atom. The fourth-order valence-corrected chi connectivity index (χ4v) is 3.72. The van der Waals surface area contributed by atoms with E-state index < -0.39 is 0 Å². The smallest absolute Gasteiger partial charge is 0.0663 e. The van der Waals surface area contributed by atoms with Crippen molar-refractivity contribution in [2.75, 3.05) is 6.61 Å². The second-order valence-corrected chi connectivity index (χ2v) is 7.82. The summed E-state index contributed by atoms with van der Waals surface area (Å²) in [6.45, 7) is 11.9. The third kappa shape index (κ3) is 4.55. The summed E-state index contributed by atoms with van der Waals surface area (Å²) < 4.78 is 6.15. The van der Waals surface area contributed by atoms with Gasteiger partial charge in [-0.2, -0.15) is 0 Å². The topological polar surface area (TPSA) is 35.2 Å². The summed E-state index contributed by atoms with van der Waals surface area (Å²) in [5.74, 6) is 0.747. The van der Waals surface area contributed by atoms with E-state index in [9.17, 15) is 0 Å². The Balaban J connectivity index is 1.91. The molecule has 0 bridgehead atoms. The van der Waals surface area contributed by atoms with Crippen LogP contribution in [-0.2, 0) is 4.74 Å². The van der Waals surface area contributed by atoms with Crippen LogP contribution in [-0.4, -0.2) is 12.7 Å². The average molecular weight is 289 g/mol. The zero-order valence-electron chi connectivity index (χ0n) is 14.3. The number of hydrogen-bond acceptors (Lipinski definition) is 2. The first-order valence-electron chi connectivity index (χ1n) is 8.21. The van der Waals surface area contributed by atoms with Gasteiger partial charge in [0.2, 0.25) is 0 Å². The van der Waals surface area contributed by atoms with Crippen LogP contribution in [0.2, 0.25) is 0 Å². The molecule has 21 heavy (non-hydrogen) atoms. The predicted octanol–water partition coefficient (Wildman–Crippen LogP) is 4.53. The predicted molar refractivity (Wildman–Crippen MR) is 89.4 cm³/mol. The lowest BCUT2D eigenvalue weighted by Crippen LogP contribution is -2.34. The Labute approximate surface area is 130 Å². The summed E-state index contributed by atoms with van der Waals surface area (Å²) in [6, 6.07) is 6.45. The van der Waals surface area contributed by atoms with Gasteiger partial charge < -0.3 is 10.5 Å². The maximum absolute atomic E-state index is 6.31. The summed E-state index contributed by atoms with van der Waals surface area (Å²) >= 11 is 0. The Morgan fingerprint density at radius 1 is 1.24 bits per heavy atom. The van der Waals surface area contributed by atoms with E-state index in [1.165, 1.54) is 29.5 Å². The van der Waals surface area contributed by atoms with E-state index in [0.29, 0.717) is 18.1 Å². The van der Waals surface area contributed by atoms with E-state index in [4.69, 9.17) is 10.5 Å². The van der Waals surface area contributed by atoms with E-state index in [1.54, 1.807) is 0 Å². The molecule has 0 saturated heterocycles. The molecule has 3 atom stereocenters. The normalized spacial score (nSPS) is 26.6. The minimum Gasteiger partial charge on any atom is -0.376 e. The number of aryl methyl sites for hydroxylation is 2. The molecule has 2 rings (SSSR count). The molecule has 3 unspecified atom stereocenters. The third-order valence-corrected chi connectivity index (χ3v) is 4.82. The highest BCUT2D eigenvalue weighted by Crippen LogP contribution is 2.39. The summed E-state index contributed by atoms with van der Waals surface area (Å²) in [7, 11) is 0. The van der Waals surface area contributed by atoms with Gasteiger partial charge in [0, 0.05) is 0 Å². The Hall–Kier alpha value is -0.860. The Morgan fingerprint density at radius 3 is 2.57 bits per heavy atom. The van der Waals surface area contributed by atoms with Gasteiger partial charge in [-0.3, -0.25) is 0 Å². The SMILES string of the molecule is Cc1ccc(C(N)COC2CC(C)CC(C)(C)C2)cc1C. The summed E-state index contributed by atoms with van der Waals surface area (Å²) in [5, 5.41) is 0. The Kier molecular flexibility index (Phi) is 5.11. The fourth-order valence-electron chi connectivity index (χ4n) is 3.72.